The van der Waals surface area contributed by atoms with Crippen molar-refractivity contribution >= 4 is 17.9 Å². The average molecular weight is 367 g/mol. The van der Waals surface area contributed by atoms with Crippen molar-refractivity contribution in [1.82, 2.24) is 10.2 Å². The van der Waals surface area contributed by atoms with Gasteiger partial charge in [-0.15, -0.1) is 0 Å². The van der Waals surface area contributed by atoms with E-state index in [-0.39, 0.29) is 6.03 Å². The number of aryl methyl sites for hydroxylation is 2. The minimum atomic E-state index is -0.0465. The second-order valence-electron chi connectivity index (χ2n) is 6.74. The third-order valence-electron chi connectivity index (χ3n) is 4.77. The summed E-state index contributed by atoms with van der Waals surface area (Å²) in [5.41, 5.74) is 4.40. The Labute approximate surface area is 159 Å². The van der Waals surface area contributed by atoms with Gasteiger partial charge in [0, 0.05) is 36.3 Å². The number of para-hydroxylation sites is 1. The van der Waals surface area contributed by atoms with E-state index in [0.717, 1.165) is 32.7 Å². The molecule has 27 heavy (non-hydrogen) atoms. The highest BCUT2D eigenvalue weighted by Crippen LogP contribution is 2.28. The Morgan fingerprint density at radius 2 is 1.96 bits per heavy atom. The summed E-state index contributed by atoms with van der Waals surface area (Å²) in [7, 11) is 0. The Kier molecular flexibility index (Phi) is 5.64. The molecule has 6 nitrogen and oxygen atoms in total. The molecule has 2 aromatic rings. The van der Waals surface area contributed by atoms with Gasteiger partial charge in [-0.05, 0) is 31.9 Å². The molecule has 0 saturated carbocycles. The van der Waals surface area contributed by atoms with Crippen molar-refractivity contribution in [1.29, 1.82) is 0 Å². The Bertz CT molecular complexity index is 863. The molecule has 1 saturated heterocycles. The Hall–Kier alpha value is -3.02. The monoisotopic (exact) mass is 367 g/mol. The van der Waals surface area contributed by atoms with Crippen molar-refractivity contribution in [3.8, 4) is 5.75 Å². The second-order valence-corrected chi connectivity index (χ2v) is 6.74. The molecule has 1 fully saturated rings. The van der Waals surface area contributed by atoms with Gasteiger partial charge >= 0.3 is 6.03 Å². The summed E-state index contributed by atoms with van der Waals surface area (Å²) in [5, 5.41) is 15.3. The molecule has 1 aliphatic heterocycles. The largest absolute Gasteiger partial charge is 0.618 e. The van der Waals surface area contributed by atoms with Crippen molar-refractivity contribution in [3.05, 3.63) is 63.9 Å². The first-order valence-corrected chi connectivity index (χ1v) is 9.10. The molecule has 2 amide bonds. The van der Waals surface area contributed by atoms with E-state index in [1.54, 1.807) is 23.2 Å². The van der Waals surface area contributed by atoms with E-state index in [9.17, 15) is 10.0 Å². The van der Waals surface area contributed by atoms with Crippen LogP contribution in [0.5, 0.6) is 5.75 Å². The topological polar surface area (TPSA) is 67.6 Å². The second kappa shape index (κ2) is 8.12. The van der Waals surface area contributed by atoms with Crippen molar-refractivity contribution in [2.75, 3.05) is 26.2 Å². The van der Waals surface area contributed by atoms with Crippen LogP contribution in [0.4, 0.5) is 10.5 Å². The van der Waals surface area contributed by atoms with E-state index >= 15 is 0 Å². The molecule has 1 heterocycles. The van der Waals surface area contributed by atoms with Crippen molar-refractivity contribution in [2.24, 2.45) is 0 Å². The van der Waals surface area contributed by atoms with Gasteiger partial charge in [0.05, 0.1) is 6.54 Å². The fourth-order valence-corrected chi connectivity index (χ4v) is 3.35. The smallest absolute Gasteiger partial charge is 0.317 e. The van der Waals surface area contributed by atoms with Crippen LogP contribution in [0.2, 0.25) is 0 Å². The lowest BCUT2D eigenvalue weighted by atomic mass is 9.99. The van der Waals surface area contributed by atoms with E-state index < -0.39 is 0 Å². The first-order chi connectivity index (χ1) is 13.0. The first-order valence-electron chi connectivity index (χ1n) is 9.10. The fourth-order valence-electron chi connectivity index (χ4n) is 3.35. The van der Waals surface area contributed by atoms with E-state index in [0.29, 0.717) is 31.9 Å². The van der Waals surface area contributed by atoms with Gasteiger partial charge in [-0.2, -0.15) is 4.74 Å². The van der Waals surface area contributed by atoms with Crippen LogP contribution in [0.3, 0.4) is 0 Å². The number of carbonyl (C=O) groups excluding carboxylic acids is 1. The number of ether oxygens (including phenoxy) is 1. The number of nitrogens with one attached hydrogen (secondary N) is 1. The number of hydrogen-bond acceptors (Lipinski definition) is 3. The number of nitrogens with zero attached hydrogens (tertiary/aromatic N) is 2. The molecule has 0 atom stereocenters. The molecule has 142 valence electrons. The number of hydrogen-bond donors (Lipinski definition) is 1. The molecule has 0 unspecified atom stereocenters. The minimum absolute atomic E-state index is 0.0465. The van der Waals surface area contributed by atoms with Crippen LogP contribution in [0.1, 0.15) is 22.3 Å². The van der Waals surface area contributed by atoms with Gasteiger partial charge in [0.2, 0.25) is 5.69 Å². The summed E-state index contributed by atoms with van der Waals surface area (Å²) < 4.78 is 6.88. The van der Waals surface area contributed by atoms with Crippen LogP contribution in [-0.4, -0.2) is 48.1 Å². The Balaban J connectivity index is 1.81. The summed E-state index contributed by atoms with van der Waals surface area (Å²) in [6.45, 7) is 8.28. The fraction of sp³-hybridized carbons (Fsp3) is 0.333. The molecule has 1 N–H and O–H groups in total. The van der Waals surface area contributed by atoms with Crippen LogP contribution in [0.25, 0.3) is 0 Å². The quantitative estimate of drug-likeness (QED) is 0.369. The zero-order chi connectivity index (χ0) is 19.4. The molecule has 1 aliphatic rings. The SMILES string of the molecule is Cc1cc(C)c(OCCN2CCNC2=O)c(C)c1C=[N+]([O-])c1ccccc1. The molecule has 0 aromatic heterocycles. The van der Waals surface area contributed by atoms with E-state index in [4.69, 9.17) is 4.74 Å². The number of benzene rings is 2. The molecule has 0 radical (unpaired) electrons. The summed E-state index contributed by atoms with van der Waals surface area (Å²) >= 11 is 0. The lowest BCUT2D eigenvalue weighted by Gasteiger charge is -2.18. The molecule has 0 aliphatic carbocycles. The number of carbonyl (C=O) groups is 1. The molecular formula is C21H25N3O3. The zero-order valence-electron chi connectivity index (χ0n) is 16.0. The van der Waals surface area contributed by atoms with E-state index in [1.165, 1.54) is 0 Å². The molecule has 3 rings (SSSR count). The van der Waals surface area contributed by atoms with Gasteiger partial charge in [-0.1, -0.05) is 24.3 Å². The number of urea groups is 1. The predicted octanol–water partition coefficient (Wildman–Crippen LogP) is 3.28. The van der Waals surface area contributed by atoms with Crippen LogP contribution >= 0.6 is 0 Å². The van der Waals surface area contributed by atoms with Gasteiger partial charge in [0.25, 0.3) is 0 Å². The average Bonchev–Trinajstić information content (AvgIpc) is 3.07. The highest BCUT2D eigenvalue weighted by atomic mass is 16.5. The van der Waals surface area contributed by atoms with Crippen LogP contribution in [0.15, 0.2) is 36.4 Å². The lowest BCUT2D eigenvalue weighted by molar-refractivity contribution is -0.354. The maximum absolute atomic E-state index is 12.5. The van der Waals surface area contributed by atoms with Gasteiger partial charge in [0.1, 0.15) is 12.4 Å². The molecule has 0 bridgehead atoms. The summed E-state index contributed by atoms with van der Waals surface area (Å²) in [6, 6.07) is 11.1. The van der Waals surface area contributed by atoms with Gasteiger partial charge < -0.3 is 20.2 Å². The van der Waals surface area contributed by atoms with Crippen LogP contribution in [0, 0.1) is 26.0 Å². The summed E-state index contributed by atoms with van der Waals surface area (Å²) in [4.78, 5) is 13.4. The van der Waals surface area contributed by atoms with Crippen molar-refractivity contribution in [3.63, 3.8) is 0 Å². The summed E-state index contributed by atoms with van der Waals surface area (Å²) in [5.74, 6) is 0.771. The Morgan fingerprint density at radius 3 is 2.63 bits per heavy atom. The minimum Gasteiger partial charge on any atom is -0.618 e. The van der Waals surface area contributed by atoms with E-state index in [1.807, 2.05) is 45.0 Å². The molecular weight excluding hydrogens is 342 g/mol. The predicted molar refractivity (Wildman–Crippen MR) is 106 cm³/mol. The van der Waals surface area contributed by atoms with Gasteiger partial charge in [-0.3, -0.25) is 0 Å². The Morgan fingerprint density at radius 1 is 1.22 bits per heavy atom. The summed E-state index contributed by atoms with van der Waals surface area (Å²) in [6.07, 6.45) is 1.60. The maximum Gasteiger partial charge on any atom is 0.317 e. The van der Waals surface area contributed by atoms with Crippen molar-refractivity contribution in [2.45, 2.75) is 20.8 Å². The van der Waals surface area contributed by atoms with Crippen LogP contribution < -0.4 is 10.1 Å². The van der Waals surface area contributed by atoms with E-state index in [2.05, 4.69) is 5.32 Å². The highest BCUT2D eigenvalue weighted by Gasteiger charge is 2.19. The maximum atomic E-state index is 12.5. The third kappa shape index (κ3) is 4.22. The molecule has 0 spiro atoms. The normalized spacial score (nSPS) is 14.4. The third-order valence-corrected chi connectivity index (χ3v) is 4.77. The standard InChI is InChI=1S/C21H25N3O3/c1-15-13-16(2)20(27-12-11-23-10-9-22-21(23)25)17(3)19(15)14-24(26)18-7-5-4-6-8-18/h4-8,13-14H,9-12H2,1-3H3,(H,22,25). The molecule has 2 aromatic carbocycles. The van der Waals surface area contributed by atoms with Gasteiger partial charge in [0.15, 0.2) is 6.21 Å². The molecule has 6 heteroatoms. The van der Waals surface area contributed by atoms with Gasteiger partial charge in [-0.25, -0.2) is 4.79 Å². The number of rotatable bonds is 6. The first kappa shape index (κ1) is 18.8. The van der Waals surface area contributed by atoms with Crippen molar-refractivity contribution < 1.29 is 14.3 Å². The van der Waals surface area contributed by atoms with Crippen LogP contribution in [-0.2, 0) is 0 Å². The highest BCUT2D eigenvalue weighted by molar-refractivity contribution is 5.83. The zero-order valence-corrected chi connectivity index (χ0v) is 16.0. The lowest BCUT2D eigenvalue weighted by Crippen LogP contribution is -2.32. The number of amides is 2.